The Hall–Kier alpha value is -0.610. The Labute approximate surface area is 84.1 Å². The van der Waals surface area contributed by atoms with Gasteiger partial charge in [0.15, 0.2) is 0 Å². The van der Waals surface area contributed by atoms with E-state index in [0.29, 0.717) is 11.8 Å². The van der Waals surface area contributed by atoms with Crippen LogP contribution < -0.4 is 10.6 Å². The topological polar surface area (TPSA) is 61.4 Å². The number of hydrogen-bond acceptors (Lipinski definition) is 3. The maximum Gasteiger partial charge on any atom is 0.323 e. The fourth-order valence-electron chi connectivity index (χ4n) is 2.60. The maximum atomic E-state index is 11.0. The van der Waals surface area contributed by atoms with Gasteiger partial charge in [-0.2, -0.15) is 0 Å². The first-order valence-corrected chi connectivity index (χ1v) is 5.31. The van der Waals surface area contributed by atoms with Gasteiger partial charge in [0.1, 0.15) is 5.54 Å². The van der Waals surface area contributed by atoms with Crippen molar-refractivity contribution in [3.63, 3.8) is 0 Å². The molecule has 2 fully saturated rings. The number of carboxylic acid groups (broad SMARTS) is 1. The highest BCUT2D eigenvalue weighted by atomic mass is 16.4. The zero-order valence-electron chi connectivity index (χ0n) is 8.55. The van der Waals surface area contributed by atoms with Crippen molar-refractivity contribution in [3.05, 3.63) is 0 Å². The first-order chi connectivity index (χ1) is 6.62. The molecule has 4 nitrogen and oxygen atoms in total. The van der Waals surface area contributed by atoms with Crippen LogP contribution in [0.3, 0.4) is 0 Å². The predicted octanol–water partition coefficient (Wildman–Crippen LogP) is 0.0487. The van der Waals surface area contributed by atoms with E-state index in [9.17, 15) is 4.79 Å². The smallest absolute Gasteiger partial charge is 0.323 e. The second-order valence-electron chi connectivity index (χ2n) is 4.74. The fraction of sp³-hybridized carbons (Fsp3) is 0.900. The van der Waals surface area contributed by atoms with E-state index in [1.54, 1.807) is 6.92 Å². The van der Waals surface area contributed by atoms with Gasteiger partial charge in [0.2, 0.25) is 0 Å². The Morgan fingerprint density at radius 2 is 2.21 bits per heavy atom. The normalized spacial score (nSPS) is 42.9. The van der Waals surface area contributed by atoms with Crippen LogP contribution in [0.4, 0.5) is 0 Å². The monoisotopic (exact) mass is 198 g/mol. The Morgan fingerprint density at radius 3 is 2.71 bits per heavy atom. The highest BCUT2D eigenvalue weighted by molar-refractivity contribution is 5.78. The molecule has 3 N–H and O–H groups in total. The third-order valence-electron chi connectivity index (χ3n) is 3.66. The summed E-state index contributed by atoms with van der Waals surface area (Å²) in [7, 11) is 0. The lowest BCUT2D eigenvalue weighted by atomic mass is 9.85. The van der Waals surface area contributed by atoms with Crippen LogP contribution in [0.25, 0.3) is 0 Å². The number of aliphatic carboxylic acids is 1. The first kappa shape index (κ1) is 9.93. The van der Waals surface area contributed by atoms with Gasteiger partial charge < -0.3 is 15.7 Å². The Balaban J connectivity index is 1.96. The molecule has 0 aromatic heterocycles. The molecule has 2 heterocycles. The largest absolute Gasteiger partial charge is 0.480 e. The summed E-state index contributed by atoms with van der Waals surface area (Å²) >= 11 is 0. The Morgan fingerprint density at radius 1 is 1.43 bits per heavy atom. The predicted molar refractivity (Wildman–Crippen MR) is 53.1 cm³/mol. The minimum atomic E-state index is -0.717. The van der Waals surface area contributed by atoms with E-state index in [2.05, 4.69) is 10.6 Å². The molecule has 2 saturated heterocycles. The van der Waals surface area contributed by atoms with Crippen LogP contribution in [0, 0.1) is 11.8 Å². The molecular weight excluding hydrogens is 180 g/mol. The molecule has 3 unspecified atom stereocenters. The summed E-state index contributed by atoms with van der Waals surface area (Å²) in [5.41, 5.74) is -0.687. The lowest BCUT2D eigenvalue weighted by molar-refractivity contribution is -0.143. The van der Waals surface area contributed by atoms with Gasteiger partial charge in [0, 0.05) is 0 Å². The van der Waals surface area contributed by atoms with Crippen LogP contribution in [-0.2, 0) is 4.79 Å². The van der Waals surface area contributed by atoms with Crippen LogP contribution in [0.1, 0.15) is 19.8 Å². The second-order valence-corrected chi connectivity index (χ2v) is 4.74. The lowest BCUT2D eigenvalue weighted by Gasteiger charge is -2.20. The average Bonchev–Trinajstić information content (AvgIpc) is 2.72. The molecule has 2 aliphatic rings. The van der Waals surface area contributed by atoms with Crippen molar-refractivity contribution in [2.24, 2.45) is 11.8 Å². The van der Waals surface area contributed by atoms with Crippen molar-refractivity contribution in [2.45, 2.75) is 25.3 Å². The SMILES string of the molecule is CC1(C(=O)O)CC(C2CCNC2)CN1. The molecule has 0 aromatic carbocycles. The van der Waals surface area contributed by atoms with E-state index in [1.807, 2.05) is 0 Å². The summed E-state index contributed by atoms with van der Waals surface area (Å²) < 4.78 is 0. The Kier molecular flexibility index (Phi) is 2.49. The average molecular weight is 198 g/mol. The van der Waals surface area contributed by atoms with E-state index in [0.717, 1.165) is 26.1 Å². The maximum absolute atomic E-state index is 11.0. The van der Waals surface area contributed by atoms with Gasteiger partial charge in [-0.25, -0.2) is 0 Å². The van der Waals surface area contributed by atoms with Crippen molar-refractivity contribution < 1.29 is 9.90 Å². The summed E-state index contributed by atoms with van der Waals surface area (Å²) in [6, 6.07) is 0. The molecule has 0 aromatic rings. The van der Waals surface area contributed by atoms with Crippen molar-refractivity contribution in [1.82, 2.24) is 10.6 Å². The van der Waals surface area contributed by atoms with Crippen molar-refractivity contribution in [1.29, 1.82) is 0 Å². The summed E-state index contributed by atoms with van der Waals surface area (Å²) in [5, 5.41) is 15.5. The van der Waals surface area contributed by atoms with Gasteiger partial charge >= 0.3 is 5.97 Å². The molecule has 0 amide bonds. The molecule has 0 saturated carbocycles. The van der Waals surface area contributed by atoms with Crippen LogP contribution in [0.2, 0.25) is 0 Å². The summed E-state index contributed by atoms with van der Waals surface area (Å²) in [5.74, 6) is 0.487. The van der Waals surface area contributed by atoms with E-state index in [4.69, 9.17) is 5.11 Å². The molecule has 0 aliphatic carbocycles. The molecule has 4 heteroatoms. The summed E-state index contributed by atoms with van der Waals surface area (Å²) in [4.78, 5) is 11.0. The number of carbonyl (C=O) groups is 1. The third kappa shape index (κ3) is 1.64. The third-order valence-corrected chi connectivity index (χ3v) is 3.66. The quantitative estimate of drug-likeness (QED) is 0.586. The number of hydrogen-bond donors (Lipinski definition) is 3. The summed E-state index contributed by atoms with van der Waals surface area (Å²) in [6.07, 6.45) is 1.97. The van der Waals surface area contributed by atoms with Gasteiger partial charge in [0.05, 0.1) is 0 Å². The number of carboxylic acids is 1. The summed E-state index contributed by atoms with van der Waals surface area (Å²) in [6.45, 7) is 4.79. The van der Waals surface area contributed by atoms with Crippen molar-refractivity contribution in [2.75, 3.05) is 19.6 Å². The van der Waals surface area contributed by atoms with Crippen LogP contribution in [0.15, 0.2) is 0 Å². The minimum Gasteiger partial charge on any atom is -0.480 e. The molecular formula is C10H18N2O2. The molecule has 0 spiro atoms. The van der Waals surface area contributed by atoms with Gasteiger partial charge in [-0.05, 0) is 51.2 Å². The molecule has 2 rings (SSSR count). The van der Waals surface area contributed by atoms with Gasteiger partial charge in [-0.1, -0.05) is 0 Å². The fourth-order valence-corrected chi connectivity index (χ4v) is 2.60. The zero-order valence-corrected chi connectivity index (χ0v) is 8.55. The first-order valence-electron chi connectivity index (χ1n) is 5.31. The van der Waals surface area contributed by atoms with Gasteiger partial charge in [-0.3, -0.25) is 4.79 Å². The minimum absolute atomic E-state index is 0.533. The molecule has 2 aliphatic heterocycles. The van der Waals surface area contributed by atoms with Gasteiger partial charge in [-0.15, -0.1) is 0 Å². The number of rotatable bonds is 2. The molecule has 80 valence electrons. The molecule has 0 bridgehead atoms. The van der Waals surface area contributed by atoms with Crippen molar-refractivity contribution >= 4 is 5.97 Å². The highest BCUT2D eigenvalue weighted by Crippen LogP contribution is 2.32. The number of nitrogens with one attached hydrogen (secondary N) is 2. The lowest BCUT2D eigenvalue weighted by Crippen LogP contribution is -2.44. The van der Waals surface area contributed by atoms with Crippen LogP contribution in [-0.4, -0.2) is 36.2 Å². The standard InChI is InChI=1S/C10H18N2O2/c1-10(9(13)14)4-8(6-12-10)7-2-3-11-5-7/h7-8,11-12H,2-6H2,1H3,(H,13,14). The molecule has 0 radical (unpaired) electrons. The van der Waals surface area contributed by atoms with E-state index < -0.39 is 11.5 Å². The zero-order chi connectivity index (χ0) is 10.2. The van der Waals surface area contributed by atoms with Crippen LogP contribution in [0.5, 0.6) is 0 Å². The van der Waals surface area contributed by atoms with E-state index >= 15 is 0 Å². The molecule has 3 atom stereocenters. The second kappa shape index (κ2) is 3.51. The molecule has 14 heavy (non-hydrogen) atoms. The van der Waals surface area contributed by atoms with Crippen LogP contribution >= 0.6 is 0 Å². The van der Waals surface area contributed by atoms with Gasteiger partial charge in [0.25, 0.3) is 0 Å². The Bertz CT molecular complexity index is 238. The van der Waals surface area contributed by atoms with E-state index in [1.165, 1.54) is 6.42 Å². The van der Waals surface area contributed by atoms with E-state index in [-0.39, 0.29) is 0 Å². The van der Waals surface area contributed by atoms with Crippen molar-refractivity contribution in [3.8, 4) is 0 Å². The highest BCUT2D eigenvalue weighted by Gasteiger charge is 2.43.